The smallest absolute Gasteiger partial charge is 0.303 e. The van der Waals surface area contributed by atoms with Gasteiger partial charge in [0.05, 0.1) is 10.2 Å². The highest BCUT2D eigenvalue weighted by Gasteiger charge is 2.14. The molecular formula is C9H11BrO2S. The van der Waals surface area contributed by atoms with Crippen molar-refractivity contribution in [3.63, 3.8) is 0 Å². The van der Waals surface area contributed by atoms with Crippen LogP contribution in [0.4, 0.5) is 0 Å². The molecule has 1 atom stereocenters. The molecule has 1 rings (SSSR count). The zero-order valence-corrected chi connectivity index (χ0v) is 9.91. The molecule has 72 valence electrons. The SMILES string of the molecule is Cc1cc(C(C)CC(=O)O)c(Br)s1. The van der Waals surface area contributed by atoms with E-state index in [4.69, 9.17) is 5.11 Å². The predicted octanol–water partition coefficient (Wildman–Crippen LogP) is 3.40. The first-order chi connectivity index (χ1) is 6.00. The van der Waals surface area contributed by atoms with Gasteiger partial charge in [-0.1, -0.05) is 6.92 Å². The minimum atomic E-state index is -0.747. The van der Waals surface area contributed by atoms with E-state index in [1.54, 1.807) is 11.3 Å². The van der Waals surface area contributed by atoms with Gasteiger partial charge in [-0.2, -0.15) is 0 Å². The highest BCUT2D eigenvalue weighted by molar-refractivity contribution is 9.11. The zero-order valence-electron chi connectivity index (χ0n) is 7.50. The van der Waals surface area contributed by atoms with Crippen LogP contribution in [0, 0.1) is 6.92 Å². The highest BCUT2D eigenvalue weighted by atomic mass is 79.9. The molecule has 0 saturated carbocycles. The Labute approximate surface area is 89.7 Å². The van der Waals surface area contributed by atoms with E-state index < -0.39 is 5.97 Å². The summed E-state index contributed by atoms with van der Waals surface area (Å²) in [6, 6.07) is 2.04. The Morgan fingerprint density at radius 3 is 2.77 bits per heavy atom. The normalized spacial score (nSPS) is 12.8. The van der Waals surface area contributed by atoms with Gasteiger partial charge in [-0.25, -0.2) is 0 Å². The van der Waals surface area contributed by atoms with Crippen molar-refractivity contribution in [2.75, 3.05) is 0 Å². The van der Waals surface area contributed by atoms with Gasteiger partial charge in [0.1, 0.15) is 0 Å². The first-order valence-electron chi connectivity index (χ1n) is 3.98. The summed E-state index contributed by atoms with van der Waals surface area (Å²) in [5.41, 5.74) is 1.10. The number of carboxylic acid groups (broad SMARTS) is 1. The van der Waals surface area contributed by atoms with Crippen molar-refractivity contribution in [1.29, 1.82) is 0 Å². The Bertz CT molecular complexity index is 319. The number of rotatable bonds is 3. The van der Waals surface area contributed by atoms with Gasteiger partial charge in [-0.3, -0.25) is 4.79 Å². The molecule has 1 heterocycles. The van der Waals surface area contributed by atoms with Crippen LogP contribution in [0.5, 0.6) is 0 Å². The van der Waals surface area contributed by atoms with Crippen LogP contribution in [-0.2, 0) is 4.79 Å². The maximum absolute atomic E-state index is 10.5. The number of thiophene rings is 1. The molecule has 2 nitrogen and oxygen atoms in total. The lowest BCUT2D eigenvalue weighted by Gasteiger charge is -2.06. The number of aryl methyl sites for hydroxylation is 1. The Balaban J connectivity index is 2.81. The first-order valence-corrected chi connectivity index (χ1v) is 5.59. The fourth-order valence-corrected chi connectivity index (χ4v) is 3.33. The van der Waals surface area contributed by atoms with Gasteiger partial charge in [0, 0.05) is 4.88 Å². The monoisotopic (exact) mass is 262 g/mol. The van der Waals surface area contributed by atoms with Gasteiger partial charge in [0.15, 0.2) is 0 Å². The van der Waals surface area contributed by atoms with Gasteiger partial charge in [0.25, 0.3) is 0 Å². The number of carbonyl (C=O) groups is 1. The minimum absolute atomic E-state index is 0.0804. The molecule has 0 aliphatic heterocycles. The fraction of sp³-hybridized carbons (Fsp3) is 0.444. The van der Waals surface area contributed by atoms with E-state index in [9.17, 15) is 4.79 Å². The third-order valence-electron chi connectivity index (χ3n) is 1.85. The molecule has 0 spiro atoms. The number of aliphatic carboxylic acids is 1. The predicted molar refractivity (Wildman–Crippen MR) is 57.4 cm³/mol. The summed E-state index contributed by atoms with van der Waals surface area (Å²) in [5.74, 6) is -0.667. The molecule has 0 aliphatic carbocycles. The van der Waals surface area contributed by atoms with E-state index in [0.29, 0.717) is 0 Å². The fourth-order valence-electron chi connectivity index (χ4n) is 1.21. The third-order valence-corrected chi connectivity index (χ3v) is 3.65. The van der Waals surface area contributed by atoms with Crippen molar-refractivity contribution in [2.24, 2.45) is 0 Å². The van der Waals surface area contributed by atoms with Crippen molar-refractivity contribution in [3.05, 3.63) is 20.3 Å². The van der Waals surface area contributed by atoms with Crippen LogP contribution in [-0.4, -0.2) is 11.1 Å². The van der Waals surface area contributed by atoms with Crippen LogP contribution in [0.3, 0.4) is 0 Å². The molecule has 0 radical (unpaired) electrons. The number of carboxylic acids is 1. The average molecular weight is 263 g/mol. The standard InChI is InChI=1S/C9H11BrO2S/c1-5(3-8(11)12)7-4-6(2)13-9(7)10/h4-5H,3H2,1-2H3,(H,11,12). The van der Waals surface area contributed by atoms with Crippen LogP contribution < -0.4 is 0 Å². The van der Waals surface area contributed by atoms with Crippen molar-refractivity contribution in [3.8, 4) is 0 Å². The summed E-state index contributed by atoms with van der Waals surface area (Å²) in [6.07, 6.45) is 0.189. The quantitative estimate of drug-likeness (QED) is 0.907. The maximum atomic E-state index is 10.5. The molecule has 0 amide bonds. The lowest BCUT2D eigenvalue weighted by molar-refractivity contribution is -0.137. The molecule has 0 aliphatic rings. The van der Waals surface area contributed by atoms with Gasteiger partial charge in [0.2, 0.25) is 0 Å². The Kier molecular flexibility index (Phi) is 3.50. The van der Waals surface area contributed by atoms with E-state index in [1.807, 2.05) is 19.9 Å². The molecule has 1 N–H and O–H groups in total. The van der Waals surface area contributed by atoms with Gasteiger partial charge in [-0.15, -0.1) is 11.3 Å². The van der Waals surface area contributed by atoms with Crippen molar-refractivity contribution in [1.82, 2.24) is 0 Å². The van der Waals surface area contributed by atoms with Crippen molar-refractivity contribution < 1.29 is 9.90 Å². The summed E-state index contributed by atoms with van der Waals surface area (Å²) in [6.45, 7) is 3.95. The van der Waals surface area contributed by atoms with E-state index >= 15 is 0 Å². The Morgan fingerprint density at radius 2 is 2.38 bits per heavy atom. The number of hydrogen-bond donors (Lipinski definition) is 1. The first kappa shape index (κ1) is 10.7. The second kappa shape index (κ2) is 4.24. The molecule has 4 heteroatoms. The van der Waals surface area contributed by atoms with Crippen molar-refractivity contribution >= 4 is 33.2 Å². The Hall–Kier alpha value is -0.350. The molecule has 0 saturated heterocycles. The largest absolute Gasteiger partial charge is 0.481 e. The Morgan fingerprint density at radius 1 is 1.77 bits per heavy atom. The molecular weight excluding hydrogens is 252 g/mol. The summed E-state index contributed by atoms with van der Waals surface area (Å²) < 4.78 is 1.05. The summed E-state index contributed by atoms with van der Waals surface area (Å²) in [7, 11) is 0. The van der Waals surface area contributed by atoms with Crippen LogP contribution in [0.2, 0.25) is 0 Å². The van der Waals surface area contributed by atoms with Crippen molar-refractivity contribution in [2.45, 2.75) is 26.2 Å². The third kappa shape index (κ3) is 2.81. The number of hydrogen-bond acceptors (Lipinski definition) is 2. The van der Waals surface area contributed by atoms with E-state index in [0.717, 1.165) is 9.35 Å². The summed E-state index contributed by atoms with van der Waals surface area (Å²) in [4.78, 5) is 11.7. The maximum Gasteiger partial charge on any atom is 0.303 e. The molecule has 0 aromatic carbocycles. The molecule has 13 heavy (non-hydrogen) atoms. The van der Waals surface area contributed by atoms with Crippen LogP contribution in [0.15, 0.2) is 9.85 Å². The van der Waals surface area contributed by atoms with Gasteiger partial charge in [-0.05, 0) is 40.4 Å². The van der Waals surface area contributed by atoms with Crippen LogP contribution in [0.25, 0.3) is 0 Å². The number of halogens is 1. The molecule has 1 aromatic rings. The minimum Gasteiger partial charge on any atom is -0.481 e. The second-order valence-electron chi connectivity index (χ2n) is 3.09. The molecule has 1 aromatic heterocycles. The van der Waals surface area contributed by atoms with Gasteiger partial charge >= 0.3 is 5.97 Å². The second-order valence-corrected chi connectivity index (χ2v) is 5.66. The lowest BCUT2D eigenvalue weighted by Crippen LogP contribution is -2.02. The average Bonchev–Trinajstić information content (AvgIpc) is 2.28. The summed E-state index contributed by atoms with van der Waals surface area (Å²) in [5, 5.41) is 8.63. The van der Waals surface area contributed by atoms with E-state index in [1.165, 1.54) is 4.88 Å². The highest BCUT2D eigenvalue weighted by Crippen LogP contribution is 2.34. The molecule has 0 fully saturated rings. The van der Waals surface area contributed by atoms with E-state index in [2.05, 4.69) is 15.9 Å². The molecule has 0 bridgehead atoms. The van der Waals surface area contributed by atoms with Gasteiger partial charge < -0.3 is 5.11 Å². The summed E-state index contributed by atoms with van der Waals surface area (Å²) >= 11 is 5.08. The van der Waals surface area contributed by atoms with Crippen LogP contribution in [0.1, 0.15) is 29.7 Å². The van der Waals surface area contributed by atoms with Crippen LogP contribution >= 0.6 is 27.3 Å². The zero-order chi connectivity index (χ0) is 10.0. The van der Waals surface area contributed by atoms with E-state index in [-0.39, 0.29) is 12.3 Å². The molecule has 1 unspecified atom stereocenters. The topological polar surface area (TPSA) is 37.3 Å². The lowest BCUT2D eigenvalue weighted by atomic mass is 10.0.